The van der Waals surface area contributed by atoms with Crippen LogP contribution in [0.5, 0.6) is 0 Å². The van der Waals surface area contributed by atoms with E-state index < -0.39 is 29.8 Å². The lowest BCUT2D eigenvalue weighted by Crippen LogP contribution is -2.48. The topological polar surface area (TPSA) is 105 Å². The molecule has 2 amide bonds. The van der Waals surface area contributed by atoms with Crippen molar-refractivity contribution in [1.82, 2.24) is 20.1 Å². The van der Waals surface area contributed by atoms with Gasteiger partial charge in [0.1, 0.15) is 11.4 Å². The molecule has 41 heavy (non-hydrogen) atoms. The van der Waals surface area contributed by atoms with E-state index in [1.165, 1.54) is 12.3 Å². The third-order valence-electron chi connectivity index (χ3n) is 6.43. The maximum absolute atomic E-state index is 14.7. The highest BCUT2D eigenvalue weighted by Gasteiger charge is 2.31. The first-order chi connectivity index (χ1) is 19.4. The molecule has 0 spiro atoms. The Hall–Kier alpha value is -3.68. The van der Waals surface area contributed by atoms with E-state index in [4.69, 9.17) is 9.15 Å². The summed E-state index contributed by atoms with van der Waals surface area (Å²) in [6.45, 7) is 6.47. The first-order valence-corrected chi connectivity index (χ1v) is 13.6. The minimum Gasteiger partial charge on any atom is -0.444 e. The molecule has 1 saturated heterocycles. The van der Waals surface area contributed by atoms with Gasteiger partial charge < -0.3 is 23.9 Å². The molecule has 2 aromatic heterocycles. The van der Waals surface area contributed by atoms with Gasteiger partial charge in [0.05, 0.1) is 33.6 Å². The number of anilines is 2. The molecule has 0 atom stereocenters. The summed E-state index contributed by atoms with van der Waals surface area (Å²) in [6.07, 6.45) is -0.0996. The summed E-state index contributed by atoms with van der Waals surface area (Å²) >= 11 is 3.23. The molecule has 1 fully saturated rings. The predicted octanol–water partition coefficient (Wildman–Crippen LogP) is 5.97. The molecule has 0 aliphatic carbocycles. The van der Waals surface area contributed by atoms with E-state index in [1.54, 1.807) is 60.7 Å². The summed E-state index contributed by atoms with van der Waals surface area (Å²) in [7, 11) is 1.74. The Kier molecular flexibility index (Phi) is 9.20. The number of benzene rings is 1. The van der Waals surface area contributed by atoms with Crippen LogP contribution in [0, 0.1) is 5.82 Å². The second-order valence-corrected chi connectivity index (χ2v) is 11.5. The van der Waals surface area contributed by atoms with Crippen LogP contribution in [0.4, 0.5) is 29.3 Å². The van der Waals surface area contributed by atoms with Crippen molar-refractivity contribution in [3.05, 3.63) is 52.3 Å². The number of hydrogen-bond acceptors (Lipinski definition) is 8. The Balaban J connectivity index is 1.50. The Labute approximate surface area is 243 Å². The number of alkyl halides is 2. The van der Waals surface area contributed by atoms with Gasteiger partial charge in [0.25, 0.3) is 5.89 Å². The molecule has 0 unspecified atom stereocenters. The fourth-order valence-electron chi connectivity index (χ4n) is 4.44. The van der Waals surface area contributed by atoms with Gasteiger partial charge in [-0.25, -0.2) is 9.18 Å². The molecule has 0 bridgehead atoms. The highest BCUT2D eigenvalue weighted by Crippen LogP contribution is 2.37. The number of carbonyl (C=O) groups is 2. The van der Waals surface area contributed by atoms with Gasteiger partial charge in [0.15, 0.2) is 0 Å². The van der Waals surface area contributed by atoms with E-state index in [-0.39, 0.29) is 23.0 Å². The van der Waals surface area contributed by atoms with Crippen LogP contribution in [0.1, 0.15) is 51.6 Å². The summed E-state index contributed by atoms with van der Waals surface area (Å²) < 4.78 is 50.9. The monoisotopic (exact) mass is 638 g/mol. The van der Waals surface area contributed by atoms with Crippen molar-refractivity contribution in [1.29, 1.82) is 0 Å². The van der Waals surface area contributed by atoms with E-state index in [2.05, 4.69) is 31.1 Å². The molecule has 0 radical (unpaired) electrons. The third-order valence-corrected chi connectivity index (χ3v) is 7.04. The van der Waals surface area contributed by atoms with Crippen molar-refractivity contribution in [2.24, 2.45) is 0 Å². The van der Waals surface area contributed by atoms with E-state index in [1.807, 2.05) is 0 Å². The SMILES string of the molecule is CN(Cc1ccc(-c2nnc(C(F)F)o2)cn1)c1cc(F)c(Br)cc1N(C=O)C1CCN(C(=O)OC(C)(C)C)CC1. The molecular formula is C27H30BrF3N6O4. The molecule has 1 aliphatic rings. The standard InChI is InChI=1S/C27H30BrF3N6O4/c1-27(2,3)41-26(39)36-9-7-18(8-10-36)37(15-38)22-11-19(28)20(29)12-21(22)35(4)14-17-6-5-16(13-32-17)24-33-34-25(40-24)23(30)31/h5-6,11-13,15,18,23H,7-10,14H2,1-4H3. The highest BCUT2D eigenvalue weighted by atomic mass is 79.9. The number of rotatable bonds is 8. The lowest BCUT2D eigenvalue weighted by atomic mass is 10.0. The van der Waals surface area contributed by atoms with Crippen LogP contribution < -0.4 is 9.80 Å². The number of amides is 2. The van der Waals surface area contributed by atoms with Crippen LogP contribution in [-0.2, 0) is 16.1 Å². The molecule has 0 saturated carbocycles. The number of halogens is 4. The molecule has 14 heteroatoms. The molecular weight excluding hydrogens is 609 g/mol. The van der Waals surface area contributed by atoms with Crippen LogP contribution in [0.25, 0.3) is 11.5 Å². The maximum atomic E-state index is 14.7. The zero-order valence-corrected chi connectivity index (χ0v) is 24.6. The smallest absolute Gasteiger partial charge is 0.410 e. The predicted molar refractivity (Wildman–Crippen MR) is 148 cm³/mol. The second-order valence-electron chi connectivity index (χ2n) is 10.6. The largest absolute Gasteiger partial charge is 0.444 e. The Morgan fingerprint density at radius 1 is 1.22 bits per heavy atom. The molecule has 3 aromatic rings. The van der Waals surface area contributed by atoms with Gasteiger partial charge in [0, 0.05) is 38.4 Å². The number of nitrogens with zero attached hydrogens (tertiary/aromatic N) is 6. The van der Waals surface area contributed by atoms with Gasteiger partial charge in [0.2, 0.25) is 12.3 Å². The lowest BCUT2D eigenvalue weighted by molar-refractivity contribution is -0.108. The lowest BCUT2D eigenvalue weighted by Gasteiger charge is -2.38. The van der Waals surface area contributed by atoms with E-state index in [0.717, 1.165) is 6.41 Å². The number of likely N-dealkylation sites (tertiary alicyclic amines) is 1. The van der Waals surface area contributed by atoms with Crippen LogP contribution >= 0.6 is 15.9 Å². The van der Waals surface area contributed by atoms with Crippen LogP contribution in [0.2, 0.25) is 0 Å². The van der Waals surface area contributed by atoms with Crippen LogP contribution in [0.15, 0.2) is 39.4 Å². The van der Waals surface area contributed by atoms with E-state index in [9.17, 15) is 22.8 Å². The van der Waals surface area contributed by atoms with Crippen molar-refractivity contribution >= 4 is 39.8 Å². The Morgan fingerprint density at radius 2 is 1.93 bits per heavy atom. The number of piperidine rings is 1. The first kappa shape index (κ1) is 30.3. The van der Waals surface area contributed by atoms with Crippen LogP contribution in [0.3, 0.4) is 0 Å². The first-order valence-electron chi connectivity index (χ1n) is 12.8. The minimum atomic E-state index is -2.87. The number of pyridine rings is 1. The molecule has 10 nitrogen and oxygen atoms in total. The quantitative estimate of drug-likeness (QED) is 0.278. The maximum Gasteiger partial charge on any atom is 0.410 e. The van der Waals surface area contributed by atoms with Crippen LogP contribution in [-0.4, -0.2) is 64.4 Å². The Bertz CT molecular complexity index is 1370. The van der Waals surface area contributed by atoms with Gasteiger partial charge in [-0.1, -0.05) is 0 Å². The number of ether oxygens (including phenoxy) is 1. The van der Waals surface area contributed by atoms with Gasteiger partial charge in [-0.15, -0.1) is 10.2 Å². The third kappa shape index (κ3) is 7.34. The van der Waals surface area contributed by atoms with Crippen molar-refractivity contribution in [3.8, 4) is 11.5 Å². The van der Waals surface area contributed by atoms with E-state index >= 15 is 0 Å². The summed E-state index contributed by atoms with van der Waals surface area (Å²) in [5.74, 6) is -1.36. The number of carbonyl (C=O) groups excluding carboxylic acids is 2. The summed E-state index contributed by atoms with van der Waals surface area (Å²) in [5, 5.41) is 6.93. The summed E-state index contributed by atoms with van der Waals surface area (Å²) in [6, 6.07) is 5.95. The summed E-state index contributed by atoms with van der Waals surface area (Å²) in [5.41, 5.74) is 1.30. The Morgan fingerprint density at radius 3 is 2.49 bits per heavy atom. The second kappa shape index (κ2) is 12.5. The molecule has 0 N–H and O–H groups in total. The highest BCUT2D eigenvalue weighted by molar-refractivity contribution is 9.10. The molecule has 4 rings (SSSR count). The van der Waals surface area contributed by atoms with Crippen molar-refractivity contribution < 1.29 is 31.9 Å². The summed E-state index contributed by atoms with van der Waals surface area (Å²) in [4.78, 5) is 34.1. The van der Waals surface area contributed by atoms with Gasteiger partial charge in [-0.3, -0.25) is 9.78 Å². The van der Waals surface area contributed by atoms with E-state index in [0.29, 0.717) is 48.6 Å². The van der Waals surface area contributed by atoms with Crippen molar-refractivity contribution in [2.45, 2.75) is 58.2 Å². The average Bonchev–Trinajstić information content (AvgIpc) is 3.42. The number of aromatic nitrogens is 3. The average molecular weight is 639 g/mol. The fourth-order valence-corrected chi connectivity index (χ4v) is 4.77. The van der Waals surface area contributed by atoms with Crippen molar-refractivity contribution in [3.63, 3.8) is 0 Å². The van der Waals surface area contributed by atoms with Gasteiger partial charge in [-0.2, -0.15) is 8.78 Å². The van der Waals surface area contributed by atoms with Gasteiger partial charge in [-0.05, 0) is 67.7 Å². The molecule has 1 aromatic carbocycles. The van der Waals surface area contributed by atoms with Crippen molar-refractivity contribution in [2.75, 3.05) is 29.9 Å². The number of hydrogen-bond donors (Lipinski definition) is 0. The molecule has 220 valence electrons. The zero-order valence-electron chi connectivity index (χ0n) is 23.0. The fraction of sp³-hybridized carbons (Fsp3) is 0.444. The minimum absolute atomic E-state index is 0.0793. The zero-order chi connectivity index (χ0) is 29.9. The molecule has 3 heterocycles. The van der Waals surface area contributed by atoms with Gasteiger partial charge >= 0.3 is 12.5 Å². The normalized spacial score (nSPS) is 14.3. The molecule has 1 aliphatic heterocycles.